The Morgan fingerprint density at radius 1 is 0.643 bits per heavy atom. The Morgan fingerprint density at radius 3 is 1.91 bits per heavy atom. The maximum absolute atomic E-state index is 14.9. The van der Waals surface area contributed by atoms with E-state index in [-0.39, 0.29) is 109 Å². The highest BCUT2D eigenvalue weighted by molar-refractivity contribution is 6.31. The summed E-state index contributed by atoms with van der Waals surface area (Å²) in [6.45, 7) is 10.8. The van der Waals surface area contributed by atoms with Crippen LogP contribution in [-0.4, -0.2) is 265 Å². The van der Waals surface area contributed by atoms with Gasteiger partial charge in [0.2, 0.25) is 70.9 Å². The highest BCUT2D eigenvalue weighted by Gasteiger charge is 2.46. The lowest BCUT2D eigenvalue weighted by Gasteiger charge is -2.44. The molecule has 6 rings (SSSR count). The fraction of sp³-hybridized carbons (Fsp3) is 0.739. The number of carbonyl (C=O) groups excluding carboxylic acids is 12. The molecule has 4 saturated heterocycles. The lowest BCUT2D eigenvalue weighted by atomic mass is 9.84. The van der Waals surface area contributed by atoms with Crippen molar-refractivity contribution in [2.24, 2.45) is 23.7 Å². The van der Waals surface area contributed by atoms with Gasteiger partial charge in [0.15, 0.2) is 0 Å². The summed E-state index contributed by atoms with van der Waals surface area (Å²) in [5.41, 5.74) is -0.734. The molecule has 0 spiro atoms. The summed E-state index contributed by atoms with van der Waals surface area (Å²) in [4.78, 5) is 186. The first-order valence-corrected chi connectivity index (χ1v) is 35.3. The second kappa shape index (κ2) is 36.3. The van der Waals surface area contributed by atoms with Crippen LogP contribution in [0.2, 0.25) is 5.02 Å². The molecular formula is C69H106ClF3N12O13. The fourth-order valence-corrected chi connectivity index (χ4v) is 14.2. The smallest absolute Gasteiger partial charge is 0.378 e. The monoisotopic (exact) mass is 1400 g/mol. The number of likely N-dealkylation sites (N-methyl/N-ethyl adjacent to an activating group) is 6. The van der Waals surface area contributed by atoms with E-state index in [1.165, 1.54) is 87.6 Å². The molecule has 29 heteroatoms. The molecule has 5 aliphatic rings. The van der Waals surface area contributed by atoms with Crippen molar-refractivity contribution >= 4 is 82.5 Å². The third kappa shape index (κ3) is 20.8. The highest BCUT2D eigenvalue weighted by Crippen LogP contribution is 2.36. The average molecular weight is 1400 g/mol. The number of hydrogen-bond donors (Lipinski definition) is 3. The van der Waals surface area contributed by atoms with Crippen LogP contribution in [0.25, 0.3) is 0 Å². The molecule has 12 amide bonds. The molecule has 25 nitrogen and oxygen atoms in total. The topological polar surface area (TPSA) is 279 Å². The number of nitrogens with zero attached hydrogens (tertiary/aromatic N) is 9. The molecule has 548 valence electrons. The summed E-state index contributed by atoms with van der Waals surface area (Å²) < 4.78 is 46.8. The van der Waals surface area contributed by atoms with Crippen LogP contribution in [-0.2, 0) is 74.9 Å². The zero-order chi connectivity index (χ0) is 72.6. The molecule has 4 aliphatic heterocycles. The van der Waals surface area contributed by atoms with Gasteiger partial charge < -0.3 is 64.8 Å². The summed E-state index contributed by atoms with van der Waals surface area (Å²) in [5.74, 6) is -8.30. The summed E-state index contributed by atoms with van der Waals surface area (Å²) >= 11 is 6.10. The minimum Gasteiger partial charge on any atom is -0.378 e. The minimum absolute atomic E-state index is 0.0341. The summed E-state index contributed by atoms with van der Waals surface area (Å²) in [6, 6.07) is -6.17. The van der Waals surface area contributed by atoms with Gasteiger partial charge in [-0.15, -0.1) is 0 Å². The maximum Gasteiger partial charge on any atom is 0.417 e. The van der Waals surface area contributed by atoms with Crippen molar-refractivity contribution in [2.45, 2.75) is 205 Å². The van der Waals surface area contributed by atoms with E-state index in [9.17, 15) is 70.7 Å². The van der Waals surface area contributed by atoms with Gasteiger partial charge >= 0.3 is 6.18 Å². The van der Waals surface area contributed by atoms with Crippen molar-refractivity contribution in [3.8, 4) is 0 Å². The number of ether oxygens (including phenoxy) is 1. The van der Waals surface area contributed by atoms with Crippen molar-refractivity contribution in [1.82, 2.24) is 60.0 Å². The molecule has 0 unspecified atom stereocenters. The third-order valence-corrected chi connectivity index (χ3v) is 20.6. The van der Waals surface area contributed by atoms with Gasteiger partial charge in [-0.25, -0.2) is 0 Å². The maximum atomic E-state index is 14.9. The van der Waals surface area contributed by atoms with Gasteiger partial charge in [-0.1, -0.05) is 97.7 Å². The van der Waals surface area contributed by atoms with Gasteiger partial charge in [-0.2, -0.15) is 13.2 Å². The van der Waals surface area contributed by atoms with Crippen LogP contribution >= 0.6 is 11.6 Å². The van der Waals surface area contributed by atoms with E-state index in [1.54, 1.807) is 20.8 Å². The molecular weight excluding hydrogens is 1300 g/mol. The lowest BCUT2D eigenvalue weighted by molar-refractivity contribution is -0.158. The zero-order valence-corrected chi connectivity index (χ0v) is 60.1. The minimum atomic E-state index is -4.74. The van der Waals surface area contributed by atoms with E-state index in [4.69, 9.17) is 16.3 Å². The average Bonchev–Trinajstić information content (AvgIpc) is 0.891. The number of nitrogens with one attached hydrogen (secondary N) is 3. The molecule has 0 radical (unpaired) electrons. The Hall–Kier alpha value is -7.10. The van der Waals surface area contributed by atoms with Crippen LogP contribution < -0.4 is 16.0 Å². The van der Waals surface area contributed by atoms with Crippen molar-refractivity contribution in [1.29, 1.82) is 0 Å². The molecule has 98 heavy (non-hydrogen) atoms. The number of hydrogen-bond acceptors (Lipinski definition) is 13. The quantitative estimate of drug-likeness (QED) is 0.278. The SMILES string of the molecule is CC[C@H](C)[C@@H]1NC(=O)[C@H](CC(C)C)N(C)C(=O)C[C@@H](C(=O)N2CCOCC2)N(C)C(=O)[C@H](C(C)C)N(C)C(=O)CCCCNC(=O)[C@@H]2CCCN2C(=O)[C@H](CCc2ccc(C(F)(F)F)c(Cl)c2)NC(=O)CN(C)C(=O)[C@H](CC2CCCCC2)N(C)C(=O)[C@@H]2CCN2C(=O)CN(C)C1=O. The van der Waals surface area contributed by atoms with Crippen LogP contribution in [0.15, 0.2) is 18.2 Å². The number of fused-ring (bicyclic) bond motifs is 2. The van der Waals surface area contributed by atoms with Gasteiger partial charge in [0.1, 0.15) is 48.3 Å². The Bertz CT molecular complexity index is 3020. The highest BCUT2D eigenvalue weighted by atomic mass is 35.5. The Balaban J connectivity index is 1.33. The molecule has 5 fully saturated rings. The van der Waals surface area contributed by atoms with Crippen molar-refractivity contribution in [2.75, 3.05) is 101 Å². The van der Waals surface area contributed by atoms with E-state index >= 15 is 0 Å². The Kier molecular flexibility index (Phi) is 29.6. The van der Waals surface area contributed by atoms with Gasteiger partial charge in [-0.05, 0) is 99.2 Å². The normalized spacial score (nSPS) is 26.5. The zero-order valence-electron chi connectivity index (χ0n) is 59.4. The van der Waals surface area contributed by atoms with Crippen LogP contribution in [0, 0.1) is 23.7 Å². The summed E-state index contributed by atoms with van der Waals surface area (Å²) in [7, 11) is 8.58. The van der Waals surface area contributed by atoms with E-state index in [1.807, 2.05) is 20.8 Å². The molecule has 4 heterocycles. The van der Waals surface area contributed by atoms with Crippen LogP contribution in [0.4, 0.5) is 13.2 Å². The third-order valence-electron chi connectivity index (χ3n) is 20.3. The van der Waals surface area contributed by atoms with Crippen molar-refractivity contribution in [3.05, 3.63) is 34.3 Å². The molecule has 1 aromatic rings. The molecule has 1 aliphatic carbocycles. The molecule has 3 N–H and O–H groups in total. The number of carbonyl (C=O) groups is 12. The standard InChI is InChI=1S/C69H106ClF3N12O13/c1-13-44(6)59-67(96)78(8)41-58(89)84-31-28-51(84)65(94)80(10)53(38-45-20-15-14-16-21-45)64(93)77(7)40-55(86)75-49(27-25-46-24-26-47(48(70)37-46)69(71,72)73)63(92)85-30-19-22-50(85)61(90)74-29-18-17-23-56(87)82(12)60(43(4)5)68(97)81(11)54(66(95)83-32-34-98-35-33-83)39-57(88)79(9)52(36-42(2)3)62(91)76-59/h24,26,37,42-45,49-54,59-60H,13-23,25,27-36,38-41H2,1-12H3,(H,74,90)(H,75,86)(H,76,91)/t44-,49-,50-,51-,52-,53-,54-,59-,60-/m0/s1. The van der Waals surface area contributed by atoms with Crippen molar-refractivity contribution < 1.29 is 75.4 Å². The summed E-state index contributed by atoms with van der Waals surface area (Å²) in [6.07, 6.45) is 1.07. The first-order chi connectivity index (χ1) is 46.2. The summed E-state index contributed by atoms with van der Waals surface area (Å²) in [5, 5.41) is 7.95. The number of halogens is 4. The molecule has 1 saturated carbocycles. The van der Waals surface area contributed by atoms with E-state index < -0.39 is 167 Å². The molecule has 0 bridgehead atoms. The Labute approximate surface area is 580 Å². The van der Waals surface area contributed by atoms with E-state index in [0.29, 0.717) is 24.8 Å². The molecule has 1 aromatic carbocycles. The second-order valence-electron chi connectivity index (χ2n) is 28.2. The van der Waals surface area contributed by atoms with Crippen LogP contribution in [0.3, 0.4) is 0 Å². The van der Waals surface area contributed by atoms with Crippen LogP contribution in [0.5, 0.6) is 0 Å². The predicted molar refractivity (Wildman–Crippen MR) is 359 cm³/mol. The molecule has 9 atom stereocenters. The number of aryl methyl sites for hydroxylation is 1. The van der Waals surface area contributed by atoms with E-state index in [0.717, 1.165) is 49.1 Å². The number of amides is 12. The number of benzene rings is 1. The predicted octanol–water partition coefficient (Wildman–Crippen LogP) is 4.35. The van der Waals surface area contributed by atoms with Gasteiger partial charge in [0.05, 0.1) is 43.3 Å². The Morgan fingerprint density at radius 2 is 1.31 bits per heavy atom. The van der Waals surface area contributed by atoms with Gasteiger partial charge in [0, 0.05) is 81.4 Å². The second-order valence-corrected chi connectivity index (χ2v) is 28.6. The largest absolute Gasteiger partial charge is 0.417 e. The lowest BCUT2D eigenvalue weighted by Crippen LogP contribution is -2.63. The fourth-order valence-electron chi connectivity index (χ4n) is 13.9. The molecule has 0 aromatic heterocycles. The first kappa shape index (κ1) is 79.9. The van der Waals surface area contributed by atoms with Gasteiger partial charge in [0.25, 0.3) is 0 Å². The van der Waals surface area contributed by atoms with Gasteiger partial charge in [-0.3, -0.25) is 57.5 Å². The number of rotatable bonds is 11. The number of alkyl halides is 3. The van der Waals surface area contributed by atoms with Crippen molar-refractivity contribution in [3.63, 3.8) is 0 Å². The van der Waals surface area contributed by atoms with E-state index in [2.05, 4.69) is 16.0 Å². The number of morpholine rings is 1. The first-order valence-electron chi connectivity index (χ1n) is 34.9. The van der Waals surface area contributed by atoms with Crippen LogP contribution in [0.1, 0.15) is 155 Å².